The van der Waals surface area contributed by atoms with Crippen LogP contribution in [0.3, 0.4) is 0 Å². The molecule has 0 atom stereocenters. The van der Waals surface area contributed by atoms with Gasteiger partial charge >= 0.3 is 5.97 Å². The molecule has 0 saturated heterocycles. The van der Waals surface area contributed by atoms with Crippen LogP contribution in [0.5, 0.6) is 0 Å². The Morgan fingerprint density at radius 1 is 1.08 bits per heavy atom. The van der Waals surface area contributed by atoms with Crippen LogP contribution in [0.2, 0.25) is 0 Å². The Kier molecular flexibility index (Phi) is 5.66. The third-order valence-electron chi connectivity index (χ3n) is 8.70. The number of carboxylic acids is 1. The van der Waals surface area contributed by atoms with Crippen LogP contribution in [0.1, 0.15) is 77.0 Å². The summed E-state index contributed by atoms with van der Waals surface area (Å²) in [4.78, 5) is 37.5. The Balaban J connectivity index is 1.27. The lowest BCUT2D eigenvalue weighted by molar-refractivity contribution is -0.0570. The maximum Gasteiger partial charge on any atom is 0.336 e. The summed E-state index contributed by atoms with van der Waals surface area (Å²) in [6.07, 6.45) is 11.8. The molecule has 0 radical (unpaired) electrons. The number of anilines is 1. The number of nitrogens with one attached hydrogen (secondary N) is 2. The SMILES string of the molecule is Cc1ccc(NC(=O)c2nc(-c3ccccn3)[nH]c2CCC23CC4CC(CC(C4)C2)C3)cc1C(=O)O. The smallest absolute Gasteiger partial charge is 0.336 e. The first-order chi connectivity index (χ1) is 17.4. The molecule has 4 aliphatic carbocycles. The quantitative estimate of drug-likeness (QED) is 0.388. The van der Waals surface area contributed by atoms with Gasteiger partial charge in [0.15, 0.2) is 5.82 Å². The number of imidazole rings is 1. The number of hydrogen-bond acceptors (Lipinski definition) is 4. The Bertz CT molecular complexity index is 1280. The topological polar surface area (TPSA) is 108 Å². The predicted octanol–water partition coefficient (Wildman–Crippen LogP) is 5.88. The number of H-pyrrole nitrogens is 1. The van der Waals surface area contributed by atoms with Crippen molar-refractivity contribution in [3.63, 3.8) is 0 Å². The summed E-state index contributed by atoms with van der Waals surface area (Å²) in [5.41, 5.74) is 3.53. The lowest BCUT2D eigenvalue weighted by Crippen LogP contribution is -2.46. The molecule has 2 aromatic heterocycles. The van der Waals surface area contributed by atoms with E-state index in [4.69, 9.17) is 0 Å². The highest BCUT2D eigenvalue weighted by molar-refractivity contribution is 6.04. The average molecular weight is 485 g/mol. The fourth-order valence-electron chi connectivity index (χ4n) is 7.51. The fourth-order valence-corrected chi connectivity index (χ4v) is 7.51. The summed E-state index contributed by atoms with van der Waals surface area (Å²) >= 11 is 0. The van der Waals surface area contributed by atoms with Gasteiger partial charge in [-0.2, -0.15) is 0 Å². The molecule has 1 amide bonds. The number of aryl methyl sites for hydroxylation is 2. The molecule has 186 valence electrons. The third kappa shape index (κ3) is 4.31. The molecule has 7 rings (SSSR count). The van der Waals surface area contributed by atoms with E-state index < -0.39 is 5.97 Å². The summed E-state index contributed by atoms with van der Waals surface area (Å²) < 4.78 is 0. The van der Waals surface area contributed by atoms with Crippen molar-refractivity contribution in [2.45, 2.75) is 58.3 Å². The van der Waals surface area contributed by atoms with E-state index in [2.05, 4.69) is 20.3 Å². The van der Waals surface area contributed by atoms with Crippen LogP contribution in [0.15, 0.2) is 42.6 Å². The van der Waals surface area contributed by atoms with Gasteiger partial charge in [-0.3, -0.25) is 9.78 Å². The van der Waals surface area contributed by atoms with Gasteiger partial charge in [-0.1, -0.05) is 12.1 Å². The zero-order valence-corrected chi connectivity index (χ0v) is 20.6. The summed E-state index contributed by atoms with van der Waals surface area (Å²) in [5, 5.41) is 12.3. The van der Waals surface area contributed by atoms with Gasteiger partial charge in [0.2, 0.25) is 0 Å². The zero-order valence-electron chi connectivity index (χ0n) is 20.6. The number of aromatic carboxylic acids is 1. The number of rotatable bonds is 7. The van der Waals surface area contributed by atoms with E-state index in [1.165, 1.54) is 44.6 Å². The second-order valence-electron chi connectivity index (χ2n) is 11.3. The maximum atomic E-state index is 13.4. The molecular weight excluding hydrogens is 452 g/mol. The van der Waals surface area contributed by atoms with E-state index >= 15 is 0 Å². The van der Waals surface area contributed by atoms with Gasteiger partial charge in [0.1, 0.15) is 11.4 Å². The Morgan fingerprint density at radius 2 is 1.81 bits per heavy atom. The highest BCUT2D eigenvalue weighted by Crippen LogP contribution is 2.61. The van der Waals surface area contributed by atoms with E-state index in [1.807, 2.05) is 18.2 Å². The normalized spacial score (nSPS) is 26.2. The highest BCUT2D eigenvalue weighted by atomic mass is 16.4. The first kappa shape index (κ1) is 23.0. The molecule has 4 bridgehead atoms. The van der Waals surface area contributed by atoms with Gasteiger partial charge in [-0.25, -0.2) is 9.78 Å². The number of carboxylic acid groups (broad SMARTS) is 1. The van der Waals surface area contributed by atoms with E-state index in [-0.39, 0.29) is 11.5 Å². The molecule has 36 heavy (non-hydrogen) atoms. The molecule has 2 heterocycles. The Hall–Kier alpha value is -3.48. The largest absolute Gasteiger partial charge is 0.478 e. The Labute approximate surface area is 210 Å². The molecule has 7 nitrogen and oxygen atoms in total. The van der Waals surface area contributed by atoms with Crippen molar-refractivity contribution in [1.82, 2.24) is 15.0 Å². The van der Waals surface area contributed by atoms with Gasteiger partial charge in [0, 0.05) is 17.6 Å². The number of carbonyl (C=O) groups is 2. The summed E-state index contributed by atoms with van der Waals surface area (Å²) in [6.45, 7) is 1.74. The van der Waals surface area contributed by atoms with Crippen molar-refractivity contribution in [3.8, 4) is 11.5 Å². The number of aromatic nitrogens is 3. The lowest BCUT2D eigenvalue weighted by Gasteiger charge is -2.57. The van der Waals surface area contributed by atoms with Gasteiger partial charge in [-0.15, -0.1) is 0 Å². The van der Waals surface area contributed by atoms with Crippen LogP contribution >= 0.6 is 0 Å². The molecule has 4 aliphatic rings. The number of benzene rings is 1. The van der Waals surface area contributed by atoms with Crippen LogP contribution < -0.4 is 5.32 Å². The molecule has 3 N–H and O–H groups in total. The second-order valence-corrected chi connectivity index (χ2v) is 11.3. The fraction of sp³-hybridized carbons (Fsp3) is 0.448. The molecule has 4 saturated carbocycles. The van der Waals surface area contributed by atoms with Crippen molar-refractivity contribution in [3.05, 3.63) is 65.1 Å². The highest BCUT2D eigenvalue weighted by Gasteiger charge is 2.50. The van der Waals surface area contributed by atoms with Crippen LogP contribution in [-0.2, 0) is 6.42 Å². The molecular formula is C29H32N4O3. The number of carbonyl (C=O) groups excluding carboxylic acids is 1. The standard InChI is InChI=1S/C29H32N4O3/c1-17-5-6-21(13-22(17)28(35)36)31-27(34)25-23(32-26(33-25)24-4-2-3-9-30-24)7-8-29-14-18-10-19(15-29)12-20(11-18)16-29/h2-6,9,13,18-20H,7-8,10-12,14-16H2,1H3,(H,31,34)(H,32,33)(H,35,36). The summed E-state index contributed by atoms with van der Waals surface area (Å²) in [7, 11) is 0. The lowest BCUT2D eigenvalue weighted by atomic mass is 9.48. The monoisotopic (exact) mass is 484 g/mol. The van der Waals surface area contributed by atoms with E-state index in [1.54, 1.807) is 25.3 Å². The van der Waals surface area contributed by atoms with Gasteiger partial charge in [0.25, 0.3) is 5.91 Å². The summed E-state index contributed by atoms with van der Waals surface area (Å²) in [6, 6.07) is 10.6. The molecule has 0 spiro atoms. The van der Waals surface area contributed by atoms with E-state index in [9.17, 15) is 14.7 Å². The summed E-state index contributed by atoms with van der Waals surface area (Å²) in [5.74, 6) is 1.88. The minimum atomic E-state index is -1.02. The number of pyridine rings is 1. The predicted molar refractivity (Wildman–Crippen MR) is 137 cm³/mol. The maximum absolute atomic E-state index is 13.4. The molecule has 0 unspecified atom stereocenters. The third-order valence-corrected chi connectivity index (χ3v) is 8.70. The number of nitrogens with zero attached hydrogens (tertiary/aromatic N) is 2. The first-order valence-corrected chi connectivity index (χ1v) is 13.0. The molecule has 3 aromatic rings. The van der Waals surface area contributed by atoms with Crippen LogP contribution in [-0.4, -0.2) is 31.9 Å². The molecule has 4 fully saturated rings. The minimum Gasteiger partial charge on any atom is -0.478 e. The molecule has 1 aromatic carbocycles. The number of aromatic amines is 1. The van der Waals surface area contributed by atoms with Crippen molar-refractivity contribution < 1.29 is 14.7 Å². The molecule has 0 aliphatic heterocycles. The Morgan fingerprint density at radius 3 is 2.44 bits per heavy atom. The van der Waals surface area contributed by atoms with Crippen LogP contribution in [0, 0.1) is 30.1 Å². The second kappa shape index (κ2) is 8.87. The average Bonchev–Trinajstić information content (AvgIpc) is 3.28. The van der Waals surface area contributed by atoms with Crippen molar-refractivity contribution in [1.29, 1.82) is 0 Å². The van der Waals surface area contributed by atoms with E-state index in [0.29, 0.717) is 33.9 Å². The van der Waals surface area contributed by atoms with Crippen LogP contribution in [0.25, 0.3) is 11.5 Å². The van der Waals surface area contributed by atoms with Crippen LogP contribution in [0.4, 0.5) is 5.69 Å². The zero-order chi connectivity index (χ0) is 24.9. The van der Waals surface area contributed by atoms with Crippen molar-refractivity contribution in [2.24, 2.45) is 23.2 Å². The van der Waals surface area contributed by atoms with E-state index in [0.717, 1.165) is 36.3 Å². The minimum absolute atomic E-state index is 0.172. The molecule has 7 heteroatoms. The van der Waals surface area contributed by atoms with Gasteiger partial charge in [-0.05, 0) is 111 Å². The van der Waals surface area contributed by atoms with Gasteiger partial charge in [0.05, 0.1) is 5.56 Å². The first-order valence-electron chi connectivity index (χ1n) is 13.0. The van der Waals surface area contributed by atoms with Gasteiger partial charge < -0.3 is 15.4 Å². The van der Waals surface area contributed by atoms with Crippen molar-refractivity contribution in [2.75, 3.05) is 5.32 Å². The number of amides is 1. The number of hydrogen-bond donors (Lipinski definition) is 3. The van der Waals surface area contributed by atoms with Crippen molar-refractivity contribution >= 4 is 17.6 Å².